The fourth-order valence-electron chi connectivity index (χ4n) is 2.75. The molecule has 0 bridgehead atoms. The number of aromatic nitrogens is 2. The van der Waals surface area contributed by atoms with Crippen molar-refractivity contribution >= 4 is 23.0 Å². The van der Waals surface area contributed by atoms with Gasteiger partial charge in [-0.15, -0.1) is 0 Å². The van der Waals surface area contributed by atoms with Crippen LogP contribution in [-0.2, 0) is 17.8 Å². The van der Waals surface area contributed by atoms with Crippen molar-refractivity contribution in [3.8, 4) is 0 Å². The van der Waals surface area contributed by atoms with E-state index >= 15 is 0 Å². The monoisotopic (exact) mass is 356 g/mol. The Bertz CT molecular complexity index is 790. The van der Waals surface area contributed by atoms with Crippen molar-refractivity contribution in [3.05, 3.63) is 47.8 Å². The summed E-state index contributed by atoms with van der Waals surface area (Å²) in [5, 5.41) is 8.57. The molecule has 1 heterocycles. The Balaban J connectivity index is 2.31. The topological polar surface area (TPSA) is 70.4 Å². The number of carbonyl (C=O) groups excluding carboxylic acids is 1. The maximum atomic E-state index is 11.1. The fraction of sp³-hybridized carbons (Fsp3) is 0.400. The lowest BCUT2D eigenvalue weighted by molar-refractivity contribution is -0.124. The molecule has 6 nitrogen and oxygen atoms in total. The van der Waals surface area contributed by atoms with E-state index in [-0.39, 0.29) is 0 Å². The predicted molar refractivity (Wildman–Crippen MR) is 105 cm³/mol. The van der Waals surface area contributed by atoms with Gasteiger partial charge in [0.05, 0.1) is 11.0 Å². The number of fused-ring (bicyclic) bond motifs is 1. The lowest BCUT2D eigenvalue weighted by atomic mass is 10.2. The molecule has 0 saturated heterocycles. The van der Waals surface area contributed by atoms with Gasteiger partial charge in [0.1, 0.15) is 5.82 Å². The van der Waals surface area contributed by atoms with Crippen LogP contribution in [0.4, 0.5) is 0 Å². The van der Waals surface area contributed by atoms with Gasteiger partial charge in [-0.25, -0.2) is 10.5 Å². The standard InChI is InChI=1S/C20H28N4O2/c1-4-5-6-7-8-19-21-17-15-16(10-12-20(25)22-26)9-11-18(17)24(19)14-13-23(2)3/h5-6,9-12,15,26H,4,7-8,13-14H2,1-3H3,(H,22,25). The molecule has 6 heteroatoms. The van der Waals surface area contributed by atoms with Gasteiger partial charge in [-0.1, -0.05) is 25.1 Å². The molecule has 1 aromatic carbocycles. The third-order valence-corrected chi connectivity index (χ3v) is 4.10. The van der Waals surface area contributed by atoms with Gasteiger partial charge >= 0.3 is 0 Å². The molecule has 0 spiro atoms. The van der Waals surface area contributed by atoms with Crippen LogP contribution in [0.5, 0.6) is 0 Å². The Morgan fingerprint density at radius 2 is 2.15 bits per heavy atom. The molecular formula is C20H28N4O2. The van der Waals surface area contributed by atoms with Crippen LogP contribution in [0.1, 0.15) is 31.2 Å². The number of rotatable bonds is 9. The van der Waals surface area contributed by atoms with Crippen LogP contribution < -0.4 is 5.48 Å². The Labute approximate surface area is 154 Å². The number of nitrogens with zero attached hydrogens (tertiary/aromatic N) is 3. The predicted octanol–water partition coefficient (Wildman–Crippen LogP) is 3.02. The van der Waals surface area contributed by atoms with E-state index in [2.05, 4.69) is 42.6 Å². The maximum absolute atomic E-state index is 11.1. The van der Waals surface area contributed by atoms with E-state index in [0.717, 1.165) is 54.8 Å². The first kappa shape index (κ1) is 19.9. The Morgan fingerprint density at radius 1 is 1.35 bits per heavy atom. The summed E-state index contributed by atoms with van der Waals surface area (Å²) in [5.74, 6) is 0.529. The molecule has 0 atom stereocenters. The molecule has 2 rings (SSSR count). The molecule has 0 radical (unpaired) electrons. The molecule has 26 heavy (non-hydrogen) atoms. The van der Waals surface area contributed by atoms with Crippen molar-refractivity contribution < 1.29 is 10.0 Å². The first-order valence-electron chi connectivity index (χ1n) is 8.96. The van der Waals surface area contributed by atoms with Gasteiger partial charge in [-0.2, -0.15) is 0 Å². The second-order valence-electron chi connectivity index (χ2n) is 6.46. The SMILES string of the molecule is CCC=CCCc1nc2cc(C=CC(=O)NO)ccc2n1CCN(C)C. The molecule has 0 aliphatic heterocycles. The molecule has 1 aromatic heterocycles. The zero-order valence-corrected chi connectivity index (χ0v) is 15.8. The van der Waals surface area contributed by atoms with Crippen molar-refractivity contribution in [1.82, 2.24) is 19.9 Å². The summed E-state index contributed by atoms with van der Waals surface area (Å²) >= 11 is 0. The van der Waals surface area contributed by atoms with Crippen LogP contribution in [0.15, 0.2) is 36.4 Å². The average Bonchev–Trinajstić information content (AvgIpc) is 2.98. The zero-order chi connectivity index (χ0) is 18.9. The molecule has 0 saturated carbocycles. The Morgan fingerprint density at radius 3 is 2.85 bits per heavy atom. The van der Waals surface area contributed by atoms with Crippen molar-refractivity contribution in [1.29, 1.82) is 0 Å². The highest BCUT2D eigenvalue weighted by Gasteiger charge is 2.11. The number of hydrogen-bond acceptors (Lipinski definition) is 4. The number of aryl methyl sites for hydroxylation is 1. The number of amides is 1. The molecular weight excluding hydrogens is 328 g/mol. The molecule has 140 valence electrons. The number of allylic oxidation sites excluding steroid dienone is 2. The van der Waals surface area contributed by atoms with Crippen molar-refractivity contribution in [3.63, 3.8) is 0 Å². The van der Waals surface area contributed by atoms with E-state index in [4.69, 9.17) is 10.2 Å². The second kappa shape index (κ2) is 9.89. The lowest BCUT2D eigenvalue weighted by Crippen LogP contribution is -2.19. The van der Waals surface area contributed by atoms with Gasteiger partial charge in [0.25, 0.3) is 5.91 Å². The van der Waals surface area contributed by atoms with Crippen LogP contribution in [0, 0.1) is 0 Å². The van der Waals surface area contributed by atoms with Crippen LogP contribution >= 0.6 is 0 Å². The van der Waals surface area contributed by atoms with Gasteiger partial charge < -0.3 is 9.47 Å². The summed E-state index contributed by atoms with van der Waals surface area (Å²) in [6, 6.07) is 5.96. The van der Waals surface area contributed by atoms with Crippen LogP contribution in [0.2, 0.25) is 0 Å². The van der Waals surface area contributed by atoms with E-state index in [0.29, 0.717) is 0 Å². The first-order chi connectivity index (χ1) is 12.5. The van der Waals surface area contributed by atoms with E-state index < -0.39 is 5.91 Å². The maximum Gasteiger partial charge on any atom is 0.267 e. The normalized spacial score (nSPS) is 12.0. The lowest BCUT2D eigenvalue weighted by Gasteiger charge is -2.13. The van der Waals surface area contributed by atoms with E-state index in [9.17, 15) is 4.79 Å². The summed E-state index contributed by atoms with van der Waals surface area (Å²) < 4.78 is 2.28. The largest absolute Gasteiger partial charge is 0.327 e. The molecule has 2 aromatic rings. The summed E-state index contributed by atoms with van der Waals surface area (Å²) in [7, 11) is 4.13. The van der Waals surface area contributed by atoms with Gasteiger partial charge in [-0.05, 0) is 50.7 Å². The molecule has 1 amide bonds. The second-order valence-corrected chi connectivity index (χ2v) is 6.46. The summed E-state index contributed by atoms with van der Waals surface area (Å²) in [6.45, 7) is 3.97. The summed E-state index contributed by atoms with van der Waals surface area (Å²) in [4.78, 5) is 18.1. The van der Waals surface area contributed by atoms with Crippen molar-refractivity contribution in [2.75, 3.05) is 20.6 Å². The summed E-state index contributed by atoms with van der Waals surface area (Å²) in [5.41, 5.74) is 4.48. The molecule has 0 aliphatic rings. The van der Waals surface area contributed by atoms with Crippen molar-refractivity contribution in [2.45, 2.75) is 32.7 Å². The zero-order valence-electron chi connectivity index (χ0n) is 15.8. The Hall–Kier alpha value is -2.44. The first-order valence-corrected chi connectivity index (χ1v) is 8.96. The van der Waals surface area contributed by atoms with Gasteiger partial charge in [0.2, 0.25) is 0 Å². The summed E-state index contributed by atoms with van der Waals surface area (Å²) in [6.07, 6.45) is 10.3. The number of nitrogens with one attached hydrogen (secondary N) is 1. The minimum Gasteiger partial charge on any atom is -0.327 e. The number of imidazole rings is 1. The molecule has 0 aliphatic carbocycles. The molecule has 2 N–H and O–H groups in total. The quantitative estimate of drug-likeness (QED) is 0.314. The Kier molecular flexibility index (Phi) is 7.56. The van der Waals surface area contributed by atoms with Crippen molar-refractivity contribution in [2.24, 2.45) is 0 Å². The smallest absolute Gasteiger partial charge is 0.267 e. The van der Waals surface area contributed by atoms with E-state index in [1.54, 1.807) is 11.6 Å². The van der Waals surface area contributed by atoms with Gasteiger partial charge in [-0.3, -0.25) is 10.0 Å². The van der Waals surface area contributed by atoms with Crippen LogP contribution in [0.25, 0.3) is 17.1 Å². The van der Waals surface area contributed by atoms with Gasteiger partial charge in [0.15, 0.2) is 0 Å². The van der Waals surface area contributed by atoms with Gasteiger partial charge in [0, 0.05) is 25.6 Å². The highest BCUT2D eigenvalue weighted by atomic mass is 16.5. The number of carbonyl (C=O) groups is 1. The highest BCUT2D eigenvalue weighted by molar-refractivity contribution is 5.91. The third-order valence-electron chi connectivity index (χ3n) is 4.10. The number of likely N-dealkylation sites (N-methyl/N-ethyl adjacent to an activating group) is 1. The van der Waals surface area contributed by atoms with Crippen LogP contribution in [0.3, 0.4) is 0 Å². The minimum atomic E-state index is -0.551. The van der Waals surface area contributed by atoms with E-state index in [1.165, 1.54) is 6.08 Å². The third kappa shape index (κ3) is 5.54. The number of benzene rings is 1. The number of hydroxylamine groups is 1. The molecule has 0 fully saturated rings. The minimum absolute atomic E-state index is 0.551. The van der Waals surface area contributed by atoms with E-state index in [1.807, 2.05) is 18.2 Å². The number of hydrogen-bond donors (Lipinski definition) is 2. The van der Waals surface area contributed by atoms with Crippen LogP contribution in [-0.4, -0.2) is 46.2 Å². The average molecular weight is 356 g/mol. The fourth-order valence-corrected chi connectivity index (χ4v) is 2.75. The molecule has 0 unspecified atom stereocenters. The highest BCUT2D eigenvalue weighted by Crippen LogP contribution is 2.20.